The molecule has 0 radical (unpaired) electrons. The maximum atomic E-state index is 11.9. The van der Waals surface area contributed by atoms with E-state index in [4.69, 9.17) is 5.73 Å². The first kappa shape index (κ1) is 14.8. The van der Waals surface area contributed by atoms with Crippen molar-refractivity contribution in [1.82, 2.24) is 0 Å². The molecule has 5 nitrogen and oxygen atoms in total. The van der Waals surface area contributed by atoms with Crippen molar-refractivity contribution in [2.75, 3.05) is 36.5 Å². The Bertz CT molecular complexity index is 490. The van der Waals surface area contributed by atoms with Crippen LogP contribution >= 0.6 is 0 Å². The Morgan fingerprint density at radius 3 is 2.80 bits per heavy atom. The van der Waals surface area contributed by atoms with Crippen LogP contribution in [0.1, 0.15) is 31.4 Å². The van der Waals surface area contributed by atoms with E-state index in [2.05, 4.69) is 11.8 Å². The van der Waals surface area contributed by atoms with Crippen molar-refractivity contribution in [3.05, 3.63) is 23.8 Å². The van der Waals surface area contributed by atoms with E-state index in [1.807, 2.05) is 18.2 Å². The summed E-state index contributed by atoms with van der Waals surface area (Å²) in [6.45, 7) is 3.77. The summed E-state index contributed by atoms with van der Waals surface area (Å²) < 4.78 is 0. The molecule has 1 amide bonds. The molecule has 1 aliphatic rings. The van der Waals surface area contributed by atoms with Gasteiger partial charge >= 0.3 is 0 Å². The lowest BCUT2D eigenvalue weighted by atomic mass is 10.1. The number of hydrogen-bond donors (Lipinski definition) is 2. The van der Waals surface area contributed by atoms with E-state index in [0.717, 1.165) is 36.3 Å². The van der Waals surface area contributed by atoms with Crippen molar-refractivity contribution < 1.29 is 9.90 Å². The molecule has 0 aliphatic carbocycles. The molecule has 1 unspecified atom stereocenters. The number of carbonyl (C=O) groups is 1. The van der Waals surface area contributed by atoms with Crippen molar-refractivity contribution in [3.8, 4) is 0 Å². The minimum Gasteiger partial charge on any atom is -0.395 e. The zero-order chi connectivity index (χ0) is 14.7. The summed E-state index contributed by atoms with van der Waals surface area (Å²) in [7, 11) is 1.75. The number of nitrogens with two attached hydrogens (primary N) is 1. The first-order valence-electron chi connectivity index (χ1n) is 7.13. The lowest BCUT2D eigenvalue weighted by Gasteiger charge is -2.25. The Kier molecular flexibility index (Phi) is 4.62. The summed E-state index contributed by atoms with van der Waals surface area (Å²) >= 11 is 0. The zero-order valence-electron chi connectivity index (χ0n) is 12.2. The quantitative estimate of drug-likeness (QED) is 0.821. The van der Waals surface area contributed by atoms with E-state index < -0.39 is 6.04 Å². The topological polar surface area (TPSA) is 69.8 Å². The number of hydrogen-bond acceptors (Lipinski definition) is 4. The van der Waals surface area contributed by atoms with Gasteiger partial charge in [-0.2, -0.15) is 0 Å². The van der Waals surface area contributed by atoms with Crippen LogP contribution in [0.25, 0.3) is 0 Å². The Hall–Kier alpha value is -1.59. The number of rotatable bonds is 6. The van der Waals surface area contributed by atoms with E-state index in [1.165, 1.54) is 0 Å². The molecule has 3 N–H and O–H groups in total. The van der Waals surface area contributed by atoms with Gasteiger partial charge in [-0.3, -0.25) is 4.79 Å². The van der Waals surface area contributed by atoms with Gasteiger partial charge in [0, 0.05) is 31.4 Å². The van der Waals surface area contributed by atoms with Gasteiger partial charge in [0.05, 0.1) is 12.3 Å². The summed E-state index contributed by atoms with van der Waals surface area (Å²) in [4.78, 5) is 15.6. The molecule has 1 heterocycles. The average molecular weight is 277 g/mol. The van der Waals surface area contributed by atoms with Gasteiger partial charge in [0.1, 0.15) is 6.04 Å². The number of nitrogens with zero attached hydrogens (tertiary/aromatic N) is 2. The number of fused-ring (bicyclic) bond motifs is 1. The van der Waals surface area contributed by atoms with E-state index in [9.17, 15) is 9.90 Å². The SMILES string of the molecule is CCCCN(CCO)c1ccc2c(c1)N(C)C(=O)C2N. The van der Waals surface area contributed by atoms with Crippen molar-refractivity contribution in [2.24, 2.45) is 5.73 Å². The lowest BCUT2D eigenvalue weighted by Crippen LogP contribution is -2.28. The van der Waals surface area contributed by atoms with E-state index in [0.29, 0.717) is 6.54 Å². The van der Waals surface area contributed by atoms with Crippen LogP contribution in [0.2, 0.25) is 0 Å². The highest BCUT2D eigenvalue weighted by Crippen LogP contribution is 2.36. The summed E-state index contributed by atoms with van der Waals surface area (Å²) in [5.74, 6) is -0.0700. The van der Waals surface area contributed by atoms with E-state index in [-0.39, 0.29) is 12.5 Å². The van der Waals surface area contributed by atoms with Crippen LogP contribution in [0.4, 0.5) is 11.4 Å². The number of benzene rings is 1. The molecular weight excluding hydrogens is 254 g/mol. The van der Waals surface area contributed by atoms with Crippen LogP contribution in [0, 0.1) is 0 Å². The average Bonchev–Trinajstić information content (AvgIpc) is 2.68. The molecule has 0 saturated carbocycles. The molecule has 1 aromatic rings. The number of aliphatic hydroxyl groups excluding tert-OH is 1. The van der Waals surface area contributed by atoms with Gasteiger partial charge in [-0.1, -0.05) is 19.4 Å². The first-order valence-corrected chi connectivity index (χ1v) is 7.13. The van der Waals surface area contributed by atoms with Crippen LogP contribution in [-0.2, 0) is 4.79 Å². The maximum absolute atomic E-state index is 11.9. The van der Waals surface area contributed by atoms with Gasteiger partial charge in [0.25, 0.3) is 0 Å². The Morgan fingerprint density at radius 2 is 2.15 bits per heavy atom. The second-order valence-corrected chi connectivity index (χ2v) is 5.18. The van der Waals surface area contributed by atoms with Crippen LogP contribution in [0.15, 0.2) is 18.2 Å². The van der Waals surface area contributed by atoms with Gasteiger partial charge < -0.3 is 20.6 Å². The third-order valence-corrected chi connectivity index (χ3v) is 3.82. The van der Waals surface area contributed by atoms with Gasteiger partial charge in [0.15, 0.2) is 0 Å². The van der Waals surface area contributed by atoms with Crippen LogP contribution in [0.5, 0.6) is 0 Å². The molecule has 1 atom stereocenters. The molecule has 5 heteroatoms. The molecule has 2 rings (SSSR count). The molecule has 110 valence electrons. The van der Waals surface area contributed by atoms with E-state index in [1.54, 1.807) is 11.9 Å². The fourth-order valence-electron chi connectivity index (χ4n) is 2.58. The fraction of sp³-hybridized carbons (Fsp3) is 0.533. The first-order chi connectivity index (χ1) is 9.60. The molecule has 0 saturated heterocycles. The summed E-state index contributed by atoms with van der Waals surface area (Å²) in [5, 5.41) is 9.20. The predicted octanol–water partition coefficient (Wildman–Crippen LogP) is 1.26. The van der Waals surface area contributed by atoms with Crippen molar-refractivity contribution in [1.29, 1.82) is 0 Å². The molecular formula is C15H23N3O2. The maximum Gasteiger partial charge on any atom is 0.248 e. The van der Waals surface area contributed by atoms with Crippen LogP contribution < -0.4 is 15.5 Å². The molecule has 0 aromatic heterocycles. The van der Waals surface area contributed by atoms with E-state index >= 15 is 0 Å². The summed E-state index contributed by atoms with van der Waals surface area (Å²) in [6, 6.07) is 5.35. The molecule has 20 heavy (non-hydrogen) atoms. The zero-order valence-corrected chi connectivity index (χ0v) is 12.2. The molecule has 1 aromatic carbocycles. The Morgan fingerprint density at radius 1 is 1.40 bits per heavy atom. The Balaban J connectivity index is 2.28. The fourth-order valence-corrected chi connectivity index (χ4v) is 2.58. The number of unbranched alkanes of at least 4 members (excludes halogenated alkanes) is 1. The van der Waals surface area contributed by atoms with Gasteiger partial charge in [0.2, 0.25) is 5.91 Å². The molecule has 0 bridgehead atoms. The standard InChI is InChI=1S/C15H23N3O2/c1-3-4-7-18(8-9-19)11-5-6-12-13(10-11)17(2)15(20)14(12)16/h5-6,10,14,19H,3-4,7-9,16H2,1-2H3. The highest BCUT2D eigenvalue weighted by molar-refractivity contribution is 6.04. The predicted molar refractivity (Wildman–Crippen MR) is 81.0 cm³/mol. The Labute approximate surface area is 120 Å². The van der Waals surface area contributed by atoms with Crippen LogP contribution in [0.3, 0.4) is 0 Å². The molecule has 1 aliphatic heterocycles. The number of aliphatic hydroxyl groups is 1. The largest absolute Gasteiger partial charge is 0.395 e. The third-order valence-electron chi connectivity index (χ3n) is 3.82. The van der Waals surface area contributed by atoms with Gasteiger partial charge in [-0.15, -0.1) is 0 Å². The number of carbonyl (C=O) groups excluding carboxylic acids is 1. The smallest absolute Gasteiger partial charge is 0.248 e. The second-order valence-electron chi connectivity index (χ2n) is 5.18. The highest BCUT2D eigenvalue weighted by atomic mass is 16.3. The third kappa shape index (κ3) is 2.64. The number of amides is 1. The van der Waals surface area contributed by atoms with Gasteiger partial charge in [-0.25, -0.2) is 0 Å². The molecule has 0 spiro atoms. The monoisotopic (exact) mass is 277 g/mol. The summed E-state index contributed by atoms with van der Waals surface area (Å²) in [6.07, 6.45) is 2.18. The van der Waals surface area contributed by atoms with Gasteiger partial charge in [-0.05, 0) is 18.6 Å². The minimum atomic E-state index is -0.550. The van der Waals surface area contributed by atoms with Crippen molar-refractivity contribution in [3.63, 3.8) is 0 Å². The van der Waals surface area contributed by atoms with Crippen molar-refractivity contribution in [2.45, 2.75) is 25.8 Å². The molecule has 0 fully saturated rings. The number of likely N-dealkylation sites (N-methyl/N-ethyl adjacent to an activating group) is 1. The number of anilines is 2. The van der Waals surface area contributed by atoms with Crippen LogP contribution in [-0.4, -0.2) is 37.8 Å². The second kappa shape index (κ2) is 6.24. The van der Waals surface area contributed by atoms with Crippen molar-refractivity contribution >= 4 is 17.3 Å². The highest BCUT2D eigenvalue weighted by Gasteiger charge is 2.32. The minimum absolute atomic E-state index is 0.0700. The lowest BCUT2D eigenvalue weighted by molar-refractivity contribution is -0.118. The normalized spacial score (nSPS) is 17.5. The summed E-state index contributed by atoms with van der Waals surface area (Å²) in [5.41, 5.74) is 8.68.